The van der Waals surface area contributed by atoms with Crippen LogP contribution in [0.15, 0.2) is 83.8 Å². The highest BCUT2D eigenvalue weighted by Gasteiger charge is 2.17. The number of rotatable bonds is 5. The predicted molar refractivity (Wildman–Crippen MR) is 105 cm³/mol. The lowest BCUT2D eigenvalue weighted by atomic mass is 10.2. The van der Waals surface area contributed by atoms with Crippen molar-refractivity contribution in [2.24, 2.45) is 0 Å². The van der Waals surface area contributed by atoms with E-state index in [9.17, 15) is 22.4 Å². The molecule has 0 aliphatic rings. The van der Waals surface area contributed by atoms with Crippen LogP contribution < -0.4 is 15.6 Å². The van der Waals surface area contributed by atoms with Crippen LogP contribution in [-0.4, -0.2) is 20.2 Å². The van der Waals surface area contributed by atoms with E-state index in [1.165, 1.54) is 42.5 Å². The summed E-state index contributed by atoms with van der Waals surface area (Å²) in [6, 6.07) is 18.6. The van der Waals surface area contributed by atoms with Crippen molar-refractivity contribution in [3.63, 3.8) is 0 Å². The normalized spacial score (nSPS) is 10.8. The van der Waals surface area contributed by atoms with Gasteiger partial charge < -0.3 is 0 Å². The van der Waals surface area contributed by atoms with Crippen LogP contribution >= 0.6 is 0 Å². The van der Waals surface area contributed by atoms with Crippen LogP contribution in [0.4, 0.5) is 10.1 Å². The molecule has 0 spiro atoms. The van der Waals surface area contributed by atoms with Crippen molar-refractivity contribution in [2.75, 3.05) is 4.72 Å². The number of sulfonamides is 1. The first-order valence-corrected chi connectivity index (χ1v) is 9.88. The van der Waals surface area contributed by atoms with E-state index < -0.39 is 27.7 Å². The number of hydrogen-bond acceptors (Lipinski definition) is 4. The molecule has 9 heteroatoms. The Morgan fingerprint density at radius 2 is 1.21 bits per heavy atom. The molecule has 3 N–H and O–H groups in total. The highest BCUT2D eigenvalue weighted by Crippen LogP contribution is 2.19. The molecule has 0 bridgehead atoms. The van der Waals surface area contributed by atoms with Crippen LogP contribution in [0.5, 0.6) is 0 Å². The Bertz CT molecular complexity index is 1130. The zero-order chi connectivity index (χ0) is 20.9. The number of carbonyl (C=O) groups excluding carboxylic acids is 2. The Labute approximate surface area is 166 Å². The molecule has 2 amide bonds. The molecule has 0 radical (unpaired) electrons. The molecule has 3 aromatic rings. The molecular formula is C20H16FN3O4S. The first-order chi connectivity index (χ1) is 13.9. The maximum absolute atomic E-state index is 13.7. The summed E-state index contributed by atoms with van der Waals surface area (Å²) >= 11 is 0. The molecule has 7 nitrogen and oxygen atoms in total. The molecule has 148 valence electrons. The molecule has 0 aliphatic heterocycles. The topological polar surface area (TPSA) is 104 Å². The van der Waals surface area contributed by atoms with E-state index in [1.807, 2.05) is 0 Å². The van der Waals surface area contributed by atoms with Gasteiger partial charge in [-0.05, 0) is 48.5 Å². The fourth-order valence-corrected chi connectivity index (χ4v) is 3.45. The molecule has 0 heterocycles. The van der Waals surface area contributed by atoms with Gasteiger partial charge in [-0.2, -0.15) is 0 Å². The van der Waals surface area contributed by atoms with Crippen molar-refractivity contribution in [1.82, 2.24) is 10.9 Å². The summed E-state index contributed by atoms with van der Waals surface area (Å²) in [4.78, 5) is 23.9. The van der Waals surface area contributed by atoms with Crippen LogP contribution in [0.25, 0.3) is 0 Å². The van der Waals surface area contributed by atoms with Gasteiger partial charge in [-0.1, -0.05) is 30.3 Å². The third kappa shape index (κ3) is 4.96. The Kier molecular flexibility index (Phi) is 5.89. The Morgan fingerprint density at radius 3 is 1.79 bits per heavy atom. The van der Waals surface area contributed by atoms with Gasteiger partial charge in [0.15, 0.2) is 0 Å². The van der Waals surface area contributed by atoms with Gasteiger partial charge in [0.1, 0.15) is 5.82 Å². The lowest BCUT2D eigenvalue weighted by Crippen LogP contribution is -2.41. The highest BCUT2D eigenvalue weighted by molar-refractivity contribution is 7.92. The first-order valence-electron chi connectivity index (χ1n) is 8.40. The van der Waals surface area contributed by atoms with E-state index in [0.29, 0.717) is 5.56 Å². The highest BCUT2D eigenvalue weighted by atomic mass is 32.2. The number of halogens is 1. The molecule has 3 rings (SSSR count). The third-order valence-corrected chi connectivity index (χ3v) is 5.25. The predicted octanol–water partition coefficient (Wildman–Crippen LogP) is 2.70. The Hall–Kier alpha value is -3.72. The fourth-order valence-electron chi connectivity index (χ4n) is 2.38. The molecule has 0 atom stereocenters. The van der Waals surface area contributed by atoms with E-state index in [2.05, 4.69) is 15.6 Å². The smallest absolute Gasteiger partial charge is 0.269 e. The molecule has 3 aromatic carbocycles. The number of amides is 2. The van der Waals surface area contributed by atoms with E-state index in [-0.39, 0.29) is 16.1 Å². The number of hydrazine groups is 1. The molecule has 29 heavy (non-hydrogen) atoms. The van der Waals surface area contributed by atoms with Gasteiger partial charge in [0, 0.05) is 11.1 Å². The van der Waals surface area contributed by atoms with Crippen molar-refractivity contribution in [1.29, 1.82) is 0 Å². The lowest BCUT2D eigenvalue weighted by Gasteiger charge is -2.10. The summed E-state index contributed by atoms with van der Waals surface area (Å²) in [5, 5.41) is 0. The number of hydrogen-bond donors (Lipinski definition) is 3. The average Bonchev–Trinajstić information content (AvgIpc) is 2.74. The maximum Gasteiger partial charge on any atom is 0.269 e. The van der Waals surface area contributed by atoms with Crippen molar-refractivity contribution >= 4 is 27.5 Å². The zero-order valence-corrected chi connectivity index (χ0v) is 15.7. The standard InChI is InChI=1S/C20H16FN3O4S/c21-17-8-4-5-9-18(17)24-29(27,28)16-12-10-15(11-13-16)20(26)23-22-19(25)14-6-2-1-3-7-14/h1-13,24H,(H,22,25)(H,23,26). The third-order valence-electron chi connectivity index (χ3n) is 3.87. The first kappa shape index (κ1) is 20.0. The number of nitrogens with one attached hydrogen (secondary N) is 3. The number of benzene rings is 3. The van der Waals surface area contributed by atoms with E-state index in [0.717, 1.165) is 6.07 Å². The molecule has 0 fully saturated rings. The van der Waals surface area contributed by atoms with Gasteiger partial charge in [-0.3, -0.25) is 25.2 Å². The number of para-hydroxylation sites is 1. The molecular weight excluding hydrogens is 397 g/mol. The lowest BCUT2D eigenvalue weighted by molar-refractivity contribution is 0.0846. The molecule has 0 aromatic heterocycles. The summed E-state index contributed by atoms with van der Waals surface area (Å²) in [6.45, 7) is 0. The van der Waals surface area contributed by atoms with Gasteiger partial charge >= 0.3 is 0 Å². The van der Waals surface area contributed by atoms with Crippen molar-refractivity contribution in [3.05, 3.63) is 95.8 Å². The molecule has 0 saturated heterocycles. The molecule has 0 unspecified atom stereocenters. The van der Waals surface area contributed by atoms with E-state index >= 15 is 0 Å². The van der Waals surface area contributed by atoms with Crippen LogP contribution in [0.1, 0.15) is 20.7 Å². The van der Waals surface area contributed by atoms with Gasteiger partial charge in [-0.15, -0.1) is 0 Å². The SMILES string of the molecule is O=C(NNC(=O)c1ccc(S(=O)(=O)Nc2ccccc2F)cc1)c1ccccc1. The minimum Gasteiger partial charge on any atom is -0.277 e. The van der Waals surface area contributed by atoms with Crippen molar-refractivity contribution in [2.45, 2.75) is 4.90 Å². The van der Waals surface area contributed by atoms with Crippen LogP contribution in [-0.2, 0) is 10.0 Å². The monoisotopic (exact) mass is 413 g/mol. The summed E-state index contributed by atoms with van der Waals surface area (Å²) < 4.78 is 40.6. The van der Waals surface area contributed by atoms with Gasteiger partial charge in [-0.25, -0.2) is 12.8 Å². The van der Waals surface area contributed by atoms with E-state index in [4.69, 9.17) is 0 Å². The minimum atomic E-state index is -4.03. The summed E-state index contributed by atoms with van der Waals surface area (Å²) in [7, 11) is -4.03. The van der Waals surface area contributed by atoms with Crippen molar-refractivity contribution < 1.29 is 22.4 Å². The second kappa shape index (κ2) is 8.53. The largest absolute Gasteiger partial charge is 0.277 e. The summed E-state index contributed by atoms with van der Waals surface area (Å²) in [5.41, 5.74) is 4.83. The fraction of sp³-hybridized carbons (Fsp3) is 0. The second-order valence-corrected chi connectivity index (χ2v) is 7.57. The molecule has 0 saturated carbocycles. The second-order valence-electron chi connectivity index (χ2n) is 5.88. The van der Waals surface area contributed by atoms with Crippen LogP contribution in [0.2, 0.25) is 0 Å². The maximum atomic E-state index is 13.7. The zero-order valence-electron chi connectivity index (χ0n) is 14.9. The quantitative estimate of drug-likeness (QED) is 0.560. The van der Waals surface area contributed by atoms with Crippen LogP contribution in [0.3, 0.4) is 0 Å². The Morgan fingerprint density at radius 1 is 0.690 bits per heavy atom. The molecule has 0 aliphatic carbocycles. The van der Waals surface area contributed by atoms with E-state index in [1.54, 1.807) is 30.3 Å². The number of anilines is 1. The summed E-state index contributed by atoms with van der Waals surface area (Å²) in [6.07, 6.45) is 0. The van der Waals surface area contributed by atoms with Crippen LogP contribution in [0, 0.1) is 5.82 Å². The summed E-state index contributed by atoms with van der Waals surface area (Å²) in [5.74, 6) is -1.83. The average molecular weight is 413 g/mol. The number of carbonyl (C=O) groups is 2. The van der Waals surface area contributed by atoms with Crippen molar-refractivity contribution in [3.8, 4) is 0 Å². The minimum absolute atomic E-state index is 0.128. The Balaban J connectivity index is 1.65. The van der Waals surface area contributed by atoms with Gasteiger partial charge in [0.05, 0.1) is 10.6 Å². The van der Waals surface area contributed by atoms with Gasteiger partial charge in [0.2, 0.25) is 0 Å². The van der Waals surface area contributed by atoms with Gasteiger partial charge in [0.25, 0.3) is 21.8 Å².